The van der Waals surface area contributed by atoms with Crippen LogP contribution in [0.3, 0.4) is 0 Å². The van der Waals surface area contributed by atoms with E-state index < -0.39 is 11.7 Å². The second-order valence-corrected chi connectivity index (χ2v) is 6.05. The molecule has 23 heavy (non-hydrogen) atoms. The summed E-state index contributed by atoms with van der Waals surface area (Å²) in [6, 6.07) is 5.26. The Hall–Kier alpha value is -2.57. The summed E-state index contributed by atoms with van der Waals surface area (Å²) >= 11 is 0. The maximum absolute atomic E-state index is 11.5. The number of pyridine rings is 2. The third-order valence-corrected chi connectivity index (χ3v) is 2.83. The van der Waals surface area contributed by atoms with Crippen LogP contribution in [-0.4, -0.2) is 34.8 Å². The number of alkyl carbamates (subject to hydrolysis) is 1. The number of nitrogens with zero attached hydrogens (tertiary/aromatic N) is 2. The van der Waals surface area contributed by atoms with Gasteiger partial charge in [-0.3, -0.25) is 4.98 Å². The first-order chi connectivity index (χ1) is 10.8. The molecule has 2 aromatic heterocycles. The molecular formula is C16H22N4O3. The van der Waals surface area contributed by atoms with Crippen molar-refractivity contribution in [2.45, 2.75) is 32.8 Å². The van der Waals surface area contributed by atoms with Crippen molar-refractivity contribution in [1.82, 2.24) is 15.3 Å². The normalized spacial score (nSPS) is 11.3. The van der Waals surface area contributed by atoms with Crippen LogP contribution in [0.2, 0.25) is 0 Å². The van der Waals surface area contributed by atoms with Gasteiger partial charge >= 0.3 is 6.09 Å². The van der Waals surface area contributed by atoms with Crippen molar-refractivity contribution < 1.29 is 14.3 Å². The van der Waals surface area contributed by atoms with Gasteiger partial charge in [-0.25, -0.2) is 9.78 Å². The molecule has 7 nitrogen and oxygen atoms in total. The zero-order chi connectivity index (χ0) is 16.9. The molecule has 0 fully saturated rings. The lowest BCUT2D eigenvalue weighted by Crippen LogP contribution is -2.33. The lowest BCUT2D eigenvalue weighted by molar-refractivity contribution is 0.0525. The van der Waals surface area contributed by atoms with Gasteiger partial charge < -0.3 is 20.5 Å². The quantitative estimate of drug-likeness (QED) is 0.822. The Kier molecular flexibility index (Phi) is 5.20. The van der Waals surface area contributed by atoms with Gasteiger partial charge in [0.05, 0.1) is 17.8 Å². The van der Waals surface area contributed by atoms with E-state index in [0.717, 1.165) is 5.52 Å². The van der Waals surface area contributed by atoms with Crippen LogP contribution in [0.5, 0.6) is 5.88 Å². The minimum Gasteiger partial charge on any atom is -0.478 e. The number of ether oxygens (including phenoxy) is 2. The molecule has 0 atom stereocenters. The van der Waals surface area contributed by atoms with Crippen LogP contribution in [0.1, 0.15) is 27.2 Å². The fourth-order valence-electron chi connectivity index (χ4n) is 1.86. The molecule has 2 heterocycles. The lowest BCUT2D eigenvalue weighted by atomic mass is 10.2. The number of nitrogen functional groups attached to an aromatic ring is 1. The summed E-state index contributed by atoms with van der Waals surface area (Å²) in [6.07, 6.45) is 1.85. The highest BCUT2D eigenvalue weighted by Crippen LogP contribution is 2.19. The topological polar surface area (TPSA) is 99.4 Å². The maximum atomic E-state index is 11.5. The standard InChI is InChI=1S/C16H22N4O3/c1-16(2,3)23-15(21)19-8-4-10-22-13-6-5-12-14(20-13)11(17)7-9-18-12/h5-7,9H,4,8,10H2,1-3H3,(H2,17,18)(H,19,21). The summed E-state index contributed by atoms with van der Waals surface area (Å²) in [5, 5.41) is 2.67. The molecule has 3 N–H and O–H groups in total. The molecule has 124 valence electrons. The number of hydrogen-bond donors (Lipinski definition) is 2. The highest BCUT2D eigenvalue weighted by Gasteiger charge is 2.15. The number of fused-ring (bicyclic) bond motifs is 1. The van der Waals surface area contributed by atoms with Crippen LogP contribution in [0.25, 0.3) is 11.0 Å². The molecule has 0 unspecified atom stereocenters. The molecule has 0 radical (unpaired) electrons. The van der Waals surface area contributed by atoms with Crippen LogP contribution < -0.4 is 15.8 Å². The van der Waals surface area contributed by atoms with Crippen LogP contribution in [0, 0.1) is 0 Å². The highest BCUT2D eigenvalue weighted by atomic mass is 16.6. The van der Waals surface area contributed by atoms with E-state index in [4.69, 9.17) is 15.2 Å². The maximum Gasteiger partial charge on any atom is 0.407 e. The zero-order valence-electron chi connectivity index (χ0n) is 13.6. The van der Waals surface area contributed by atoms with E-state index in [2.05, 4.69) is 15.3 Å². The summed E-state index contributed by atoms with van der Waals surface area (Å²) in [5.41, 5.74) is 7.28. The second-order valence-electron chi connectivity index (χ2n) is 6.05. The van der Waals surface area contributed by atoms with Gasteiger partial charge in [0.1, 0.15) is 11.1 Å². The zero-order valence-corrected chi connectivity index (χ0v) is 13.6. The van der Waals surface area contributed by atoms with Crippen LogP contribution >= 0.6 is 0 Å². The van der Waals surface area contributed by atoms with Gasteiger partial charge in [-0.2, -0.15) is 0 Å². The van der Waals surface area contributed by atoms with Gasteiger partial charge in [0.15, 0.2) is 0 Å². The molecule has 2 rings (SSSR count). The van der Waals surface area contributed by atoms with E-state index >= 15 is 0 Å². The minimum atomic E-state index is -0.496. The van der Waals surface area contributed by atoms with Crippen molar-refractivity contribution in [2.75, 3.05) is 18.9 Å². The molecule has 0 bridgehead atoms. The second kappa shape index (κ2) is 7.13. The Morgan fingerprint density at radius 2 is 2.09 bits per heavy atom. The van der Waals surface area contributed by atoms with Gasteiger partial charge in [0.2, 0.25) is 5.88 Å². The minimum absolute atomic E-state index is 0.425. The van der Waals surface area contributed by atoms with Crippen LogP contribution in [0.15, 0.2) is 24.4 Å². The average Bonchev–Trinajstić information content (AvgIpc) is 2.46. The highest BCUT2D eigenvalue weighted by molar-refractivity contribution is 5.86. The Bertz CT molecular complexity index is 683. The molecule has 0 saturated heterocycles. The summed E-state index contributed by atoms with van der Waals surface area (Å²) in [7, 11) is 0. The predicted octanol–water partition coefficient (Wildman–Crippen LogP) is 2.51. The van der Waals surface area contributed by atoms with Crippen molar-refractivity contribution in [3.05, 3.63) is 24.4 Å². The van der Waals surface area contributed by atoms with E-state index in [1.807, 2.05) is 26.8 Å². The Labute approximate surface area is 135 Å². The van der Waals surface area contributed by atoms with E-state index in [0.29, 0.717) is 36.7 Å². The monoisotopic (exact) mass is 318 g/mol. The van der Waals surface area contributed by atoms with E-state index in [1.54, 1.807) is 18.3 Å². The largest absolute Gasteiger partial charge is 0.478 e. The smallest absolute Gasteiger partial charge is 0.407 e. The SMILES string of the molecule is CC(C)(C)OC(=O)NCCCOc1ccc2nccc(N)c2n1. The third kappa shape index (κ3) is 5.28. The van der Waals surface area contributed by atoms with E-state index in [-0.39, 0.29) is 0 Å². The number of carbonyl (C=O) groups is 1. The fourth-order valence-corrected chi connectivity index (χ4v) is 1.86. The number of nitrogens with one attached hydrogen (secondary N) is 1. The number of hydrogen-bond acceptors (Lipinski definition) is 6. The summed E-state index contributed by atoms with van der Waals surface area (Å²) in [5.74, 6) is 0.481. The lowest BCUT2D eigenvalue weighted by Gasteiger charge is -2.19. The van der Waals surface area contributed by atoms with Crippen molar-refractivity contribution >= 4 is 22.8 Å². The van der Waals surface area contributed by atoms with Crippen molar-refractivity contribution in [3.63, 3.8) is 0 Å². The first-order valence-corrected chi connectivity index (χ1v) is 7.46. The predicted molar refractivity (Wildman–Crippen MR) is 88.3 cm³/mol. The van der Waals surface area contributed by atoms with Crippen LogP contribution in [-0.2, 0) is 4.74 Å². The molecule has 0 aromatic carbocycles. The fraction of sp³-hybridized carbons (Fsp3) is 0.438. The molecule has 0 aliphatic carbocycles. The van der Waals surface area contributed by atoms with Gasteiger partial charge in [-0.1, -0.05) is 0 Å². The van der Waals surface area contributed by atoms with Crippen molar-refractivity contribution in [2.24, 2.45) is 0 Å². The third-order valence-electron chi connectivity index (χ3n) is 2.83. The summed E-state index contributed by atoms with van der Waals surface area (Å²) < 4.78 is 10.7. The number of rotatable bonds is 5. The van der Waals surface area contributed by atoms with Gasteiger partial charge in [0, 0.05) is 18.8 Å². The van der Waals surface area contributed by atoms with Crippen molar-refractivity contribution in [3.8, 4) is 5.88 Å². The first-order valence-electron chi connectivity index (χ1n) is 7.46. The summed E-state index contributed by atoms with van der Waals surface area (Å²) in [6.45, 7) is 6.35. The average molecular weight is 318 g/mol. The number of aromatic nitrogens is 2. The Morgan fingerprint density at radius 3 is 2.83 bits per heavy atom. The Morgan fingerprint density at radius 1 is 1.30 bits per heavy atom. The van der Waals surface area contributed by atoms with E-state index in [9.17, 15) is 4.79 Å². The molecule has 1 amide bonds. The molecule has 0 spiro atoms. The first kappa shape index (κ1) is 16.8. The molecule has 0 saturated carbocycles. The summed E-state index contributed by atoms with van der Waals surface area (Å²) in [4.78, 5) is 20.0. The van der Waals surface area contributed by atoms with Gasteiger partial charge in [-0.15, -0.1) is 0 Å². The van der Waals surface area contributed by atoms with Gasteiger partial charge in [0.25, 0.3) is 0 Å². The van der Waals surface area contributed by atoms with Crippen LogP contribution in [0.4, 0.5) is 10.5 Å². The molecule has 2 aromatic rings. The number of nitrogens with two attached hydrogens (primary N) is 1. The molecular weight excluding hydrogens is 296 g/mol. The van der Waals surface area contributed by atoms with Gasteiger partial charge in [-0.05, 0) is 39.3 Å². The van der Waals surface area contributed by atoms with Crippen molar-refractivity contribution in [1.29, 1.82) is 0 Å². The molecule has 0 aliphatic heterocycles. The Balaban J connectivity index is 1.77. The number of carbonyl (C=O) groups excluding carboxylic acids is 1. The molecule has 0 aliphatic rings. The number of anilines is 1. The number of amides is 1. The van der Waals surface area contributed by atoms with E-state index in [1.165, 1.54) is 0 Å². The molecule has 7 heteroatoms.